The third-order valence-corrected chi connectivity index (χ3v) is 5.55. The summed E-state index contributed by atoms with van der Waals surface area (Å²) in [6, 6.07) is 11.8. The van der Waals surface area contributed by atoms with Gasteiger partial charge in [0.2, 0.25) is 5.95 Å². The molecular weight excluding hydrogens is 429 g/mol. The summed E-state index contributed by atoms with van der Waals surface area (Å²) in [5.41, 5.74) is 5.53. The molecule has 8 nitrogen and oxygen atoms in total. The fourth-order valence-electron chi connectivity index (χ4n) is 3.22. The van der Waals surface area contributed by atoms with Gasteiger partial charge in [0, 0.05) is 23.6 Å². The summed E-state index contributed by atoms with van der Waals surface area (Å²) >= 11 is 1.43. The van der Waals surface area contributed by atoms with Crippen LogP contribution >= 0.6 is 11.3 Å². The van der Waals surface area contributed by atoms with Gasteiger partial charge in [0.05, 0.1) is 30.3 Å². The van der Waals surface area contributed by atoms with Crippen molar-refractivity contribution in [1.82, 2.24) is 24.5 Å². The highest BCUT2D eigenvalue weighted by molar-refractivity contribution is 7.17. The van der Waals surface area contributed by atoms with Gasteiger partial charge in [-0.2, -0.15) is 9.97 Å². The molecule has 0 saturated heterocycles. The number of hydrogen-bond donors (Lipinski definition) is 2. The number of ether oxygens (including phenoxy) is 1. The molecule has 0 bridgehead atoms. The molecule has 0 fully saturated rings. The average molecular weight is 447 g/mol. The number of aryl methyl sites for hydroxylation is 1. The number of fused-ring (bicyclic) bond motifs is 1. The zero-order chi connectivity index (χ0) is 22.1. The number of aromatic nitrogens is 5. The molecule has 0 saturated carbocycles. The van der Waals surface area contributed by atoms with Crippen LogP contribution in [0.2, 0.25) is 0 Å². The Labute approximate surface area is 186 Å². The van der Waals surface area contributed by atoms with E-state index in [9.17, 15) is 4.39 Å². The van der Waals surface area contributed by atoms with Crippen molar-refractivity contribution >= 4 is 44.8 Å². The molecule has 0 amide bonds. The number of thiazole rings is 1. The minimum atomic E-state index is -0.299. The van der Waals surface area contributed by atoms with Gasteiger partial charge in [-0.3, -0.25) is 0 Å². The molecule has 5 rings (SSSR count). The number of halogens is 1. The van der Waals surface area contributed by atoms with E-state index in [1.54, 1.807) is 31.1 Å². The summed E-state index contributed by atoms with van der Waals surface area (Å²) in [7, 11) is 1.62. The Bertz CT molecular complexity index is 1400. The minimum Gasteiger partial charge on any atom is -0.494 e. The van der Waals surface area contributed by atoms with Crippen LogP contribution in [-0.2, 0) is 0 Å². The number of methoxy groups -OCH3 is 1. The van der Waals surface area contributed by atoms with Crippen molar-refractivity contribution in [3.05, 3.63) is 72.0 Å². The van der Waals surface area contributed by atoms with E-state index in [2.05, 4.69) is 30.6 Å². The van der Waals surface area contributed by atoms with Crippen molar-refractivity contribution in [3.8, 4) is 11.4 Å². The zero-order valence-electron chi connectivity index (χ0n) is 17.2. The molecule has 0 spiro atoms. The van der Waals surface area contributed by atoms with Crippen molar-refractivity contribution in [1.29, 1.82) is 0 Å². The molecule has 0 atom stereocenters. The summed E-state index contributed by atoms with van der Waals surface area (Å²) < 4.78 is 21.5. The molecule has 2 aromatic carbocycles. The van der Waals surface area contributed by atoms with Crippen LogP contribution in [0.5, 0.6) is 5.75 Å². The van der Waals surface area contributed by atoms with Gasteiger partial charge in [0.15, 0.2) is 11.5 Å². The second-order valence-electron chi connectivity index (χ2n) is 6.97. The summed E-state index contributed by atoms with van der Waals surface area (Å²) in [5, 5.41) is 6.44. The maximum atomic E-state index is 13.2. The summed E-state index contributed by atoms with van der Waals surface area (Å²) in [5.74, 6) is 1.34. The van der Waals surface area contributed by atoms with Crippen LogP contribution in [0.15, 0.2) is 60.5 Å². The van der Waals surface area contributed by atoms with E-state index in [1.165, 1.54) is 23.5 Å². The maximum Gasteiger partial charge on any atom is 0.231 e. The first-order chi connectivity index (χ1) is 15.6. The lowest BCUT2D eigenvalue weighted by Gasteiger charge is -2.13. The number of nitrogens with one attached hydrogen (secondary N) is 2. The molecular formula is C22H18FN7OS. The highest BCUT2D eigenvalue weighted by Crippen LogP contribution is 2.31. The molecule has 5 aromatic rings. The first-order valence-electron chi connectivity index (χ1n) is 9.69. The number of hydrogen-bond acceptors (Lipinski definition) is 8. The standard InChI is InChI=1S/C22H18FN7OS/c1-13-10-30(11-24-13)17-8-7-16(9-18(17)31-2)27-22-28-20-19(32-12-25-20)21(29-22)26-15-5-3-14(23)4-6-15/h3-12H,1-2H3,(H2,26,27,28,29). The van der Waals surface area contributed by atoms with E-state index in [0.717, 1.165) is 21.8 Å². The van der Waals surface area contributed by atoms with Crippen LogP contribution in [0, 0.1) is 12.7 Å². The van der Waals surface area contributed by atoms with Crippen LogP contribution in [0.4, 0.5) is 27.5 Å². The maximum absolute atomic E-state index is 13.2. The van der Waals surface area contributed by atoms with E-state index in [1.807, 2.05) is 35.9 Å². The van der Waals surface area contributed by atoms with Crippen molar-refractivity contribution in [2.75, 3.05) is 17.7 Å². The Balaban J connectivity index is 1.47. The van der Waals surface area contributed by atoms with Crippen LogP contribution in [0.3, 0.4) is 0 Å². The molecule has 0 unspecified atom stereocenters. The summed E-state index contributed by atoms with van der Waals surface area (Å²) in [4.78, 5) is 17.7. The minimum absolute atomic E-state index is 0.299. The van der Waals surface area contributed by atoms with Crippen LogP contribution < -0.4 is 15.4 Å². The van der Waals surface area contributed by atoms with Gasteiger partial charge in [-0.25, -0.2) is 14.4 Å². The molecule has 10 heteroatoms. The highest BCUT2D eigenvalue weighted by atomic mass is 32.1. The first kappa shape index (κ1) is 19.9. The first-order valence-corrected chi connectivity index (χ1v) is 10.6. The van der Waals surface area contributed by atoms with E-state index in [0.29, 0.717) is 28.9 Å². The molecule has 0 aliphatic heterocycles. The molecule has 32 heavy (non-hydrogen) atoms. The van der Waals surface area contributed by atoms with Gasteiger partial charge in [-0.05, 0) is 43.3 Å². The lowest BCUT2D eigenvalue weighted by Crippen LogP contribution is -2.03. The zero-order valence-corrected chi connectivity index (χ0v) is 18.0. The molecule has 0 aliphatic carbocycles. The monoisotopic (exact) mass is 447 g/mol. The fraction of sp³-hybridized carbons (Fsp3) is 0.0909. The Morgan fingerprint density at radius 2 is 1.81 bits per heavy atom. The second-order valence-corrected chi connectivity index (χ2v) is 7.82. The molecule has 160 valence electrons. The third-order valence-electron chi connectivity index (χ3n) is 4.73. The Hall–Kier alpha value is -4.05. The van der Waals surface area contributed by atoms with E-state index in [4.69, 9.17) is 4.74 Å². The molecule has 2 N–H and O–H groups in total. The number of nitrogens with zero attached hydrogens (tertiary/aromatic N) is 5. The van der Waals surface area contributed by atoms with Gasteiger partial charge >= 0.3 is 0 Å². The van der Waals surface area contributed by atoms with Gasteiger partial charge in [0.25, 0.3) is 0 Å². The normalized spacial score (nSPS) is 11.0. The molecule has 3 aromatic heterocycles. The molecule has 0 radical (unpaired) electrons. The van der Waals surface area contributed by atoms with Gasteiger partial charge in [-0.1, -0.05) is 0 Å². The van der Waals surface area contributed by atoms with Crippen molar-refractivity contribution in [2.45, 2.75) is 6.92 Å². The van der Waals surface area contributed by atoms with Crippen LogP contribution in [0.25, 0.3) is 16.0 Å². The van der Waals surface area contributed by atoms with E-state index >= 15 is 0 Å². The SMILES string of the molecule is COc1cc(Nc2nc(Nc3ccc(F)cc3)c3scnc3n2)ccc1-n1cnc(C)c1. The lowest BCUT2D eigenvalue weighted by molar-refractivity contribution is 0.413. The summed E-state index contributed by atoms with van der Waals surface area (Å²) in [6.45, 7) is 1.93. The lowest BCUT2D eigenvalue weighted by atomic mass is 10.2. The smallest absolute Gasteiger partial charge is 0.231 e. The topological polar surface area (TPSA) is 89.8 Å². The van der Waals surface area contributed by atoms with Gasteiger partial charge in [0.1, 0.15) is 16.3 Å². The quantitative estimate of drug-likeness (QED) is 0.369. The molecule has 0 aliphatic rings. The van der Waals surface area contributed by atoms with Crippen LogP contribution in [0.1, 0.15) is 5.69 Å². The number of imidazole rings is 1. The predicted octanol–water partition coefficient (Wildman–Crippen LogP) is 5.22. The van der Waals surface area contributed by atoms with Crippen LogP contribution in [-0.4, -0.2) is 31.6 Å². The Morgan fingerprint density at radius 3 is 2.56 bits per heavy atom. The van der Waals surface area contributed by atoms with Gasteiger partial charge < -0.3 is 19.9 Å². The van der Waals surface area contributed by atoms with E-state index in [-0.39, 0.29) is 5.82 Å². The largest absolute Gasteiger partial charge is 0.494 e. The number of benzene rings is 2. The van der Waals surface area contributed by atoms with Crippen molar-refractivity contribution in [3.63, 3.8) is 0 Å². The molecule has 3 heterocycles. The highest BCUT2D eigenvalue weighted by Gasteiger charge is 2.13. The number of anilines is 4. The average Bonchev–Trinajstić information content (AvgIpc) is 3.44. The predicted molar refractivity (Wildman–Crippen MR) is 123 cm³/mol. The Morgan fingerprint density at radius 1 is 1.00 bits per heavy atom. The van der Waals surface area contributed by atoms with E-state index < -0.39 is 0 Å². The van der Waals surface area contributed by atoms with Gasteiger partial charge in [-0.15, -0.1) is 11.3 Å². The fourth-order valence-corrected chi connectivity index (χ4v) is 3.89. The number of rotatable bonds is 6. The van der Waals surface area contributed by atoms with Crippen molar-refractivity contribution < 1.29 is 9.13 Å². The third kappa shape index (κ3) is 3.95. The Kier molecular flexibility index (Phi) is 5.12. The second kappa shape index (κ2) is 8.23. The van der Waals surface area contributed by atoms with Crippen molar-refractivity contribution in [2.24, 2.45) is 0 Å². The summed E-state index contributed by atoms with van der Waals surface area (Å²) in [6.07, 6.45) is 3.67.